The molecule has 94 valence electrons. The molecule has 1 aromatic heterocycles. The van der Waals surface area contributed by atoms with Crippen LogP contribution in [0, 0.1) is 6.92 Å². The Bertz CT molecular complexity index is 573. The van der Waals surface area contributed by atoms with E-state index >= 15 is 0 Å². The number of hydrogen-bond donors (Lipinski definition) is 2. The number of nitrogens with one attached hydrogen (secondary N) is 1. The Kier molecular flexibility index (Phi) is 3.37. The van der Waals surface area contributed by atoms with Crippen molar-refractivity contribution >= 4 is 11.7 Å². The molecule has 0 spiro atoms. The van der Waals surface area contributed by atoms with E-state index in [9.17, 15) is 4.79 Å². The number of H-pyrrole nitrogens is 1. The van der Waals surface area contributed by atoms with Gasteiger partial charge in [-0.05, 0) is 18.1 Å². The molecule has 1 aromatic carbocycles. The Balaban J connectivity index is 2.25. The highest BCUT2D eigenvalue weighted by molar-refractivity contribution is 5.94. The van der Waals surface area contributed by atoms with Crippen molar-refractivity contribution in [1.82, 2.24) is 4.98 Å². The van der Waals surface area contributed by atoms with Gasteiger partial charge in [-0.3, -0.25) is 0 Å². The van der Waals surface area contributed by atoms with E-state index in [1.54, 1.807) is 6.20 Å². The number of carbonyl (C=O) groups excluding carboxylic acids is 1. The van der Waals surface area contributed by atoms with E-state index in [2.05, 4.69) is 15.8 Å². The molecule has 0 fully saturated rings. The standard InChI is InChI=1S/C14H16N2O2/c1-9-4-3-5-10(6-9)7-11-8-16-13(12(11)15)14(17)18-2/h3-6,8,16H,7,15H2,1-2H3. The molecule has 0 aliphatic rings. The van der Waals surface area contributed by atoms with Gasteiger partial charge in [-0.2, -0.15) is 0 Å². The zero-order valence-electron chi connectivity index (χ0n) is 10.5. The van der Waals surface area contributed by atoms with Crippen molar-refractivity contribution in [2.75, 3.05) is 12.8 Å². The van der Waals surface area contributed by atoms with Crippen molar-refractivity contribution < 1.29 is 9.53 Å². The van der Waals surface area contributed by atoms with E-state index in [0.29, 0.717) is 17.8 Å². The first-order chi connectivity index (χ1) is 8.61. The Hall–Kier alpha value is -2.23. The first kappa shape index (κ1) is 12.2. The van der Waals surface area contributed by atoms with Crippen LogP contribution >= 0.6 is 0 Å². The molecule has 4 heteroatoms. The number of anilines is 1. The summed E-state index contributed by atoms with van der Waals surface area (Å²) in [5.74, 6) is -0.442. The van der Waals surface area contributed by atoms with Crippen LogP contribution in [0.5, 0.6) is 0 Å². The van der Waals surface area contributed by atoms with E-state index in [0.717, 1.165) is 11.1 Å². The number of ether oxygens (including phenoxy) is 1. The summed E-state index contributed by atoms with van der Waals surface area (Å²) in [6.45, 7) is 2.05. The van der Waals surface area contributed by atoms with Gasteiger partial charge in [0.05, 0.1) is 12.8 Å². The molecule has 0 unspecified atom stereocenters. The highest BCUT2D eigenvalue weighted by Gasteiger charge is 2.15. The van der Waals surface area contributed by atoms with Gasteiger partial charge in [0.15, 0.2) is 0 Å². The topological polar surface area (TPSA) is 68.1 Å². The fourth-order valence-corrected chi connectivity index (χ4v) is 1.93. The lowest BCUT2D eigenvalue weighted by Gasteiger charge is -2.03. The van der Waals surface area contributed by atoms with Gasteiger partial charge in [0.1, 0.15) is 5.69 Å². The largest absolute Gasteiger partial charge is 0.464 e. The van der Waals surface area contributed by atoms with Gasteiger partial charge in [-0.1, -0.05) is 29.8 Å². The van der Waals surface area contributed by atoms with Crippen LogP contribution in [0.4, 0.5) is 5.69 Å². The Morgan fingerprint density at radius 2 is 2.22 bits per heavy atom. The monoisotopic (exact) mass is 244 g/mol. The molecule has 0 amide bonds. The number of rotatable bonds is 3. The van der Waals surface area contributed by atoms with Gasteiger partial charge in [0.2, 0.25) is 0 Å². The van der Waals surface area contributed by atoms with Gasteiger partial charge in [-0.15, -0.1) is 0 Å². The predicted octanol–water partition coefficient (Wildman–Crippen LogP) is 2.28. The first-order valence-electron chi connectivity index (χ1n) is 5.71. The number of hydrogen-bond acceptors (Lipinski definition) is 3. The summed E-state index contributed by atoms with van der Waals surface area (Å²) < 4.78 is 4.65. The molecule has 4 nitrogen and oxygen atoms in total. The van der Waals surface area contributed by atoms with E-state index in [1.807, 2.05) is 25.1 Å². The number of nitrogen functional groups attached to an aromatic ring is 1. The van der Waals surface area contributed by atoms with E-state index in [-0.39, 0.29) is 0 Å². The molecule has 2 aromatic rings. The molecule has 2 rings (SSSR count). The van der Waals surface area contributed by atoms with Gasteiger partial charge in [0, 0.05) is 12.6 Å². The smallest absolute Gasteiger partial charge is 0.356 e. The van der Waals surface area contributed by atoms with Gasteiger partial charge < -0.3 is 15.5 Å². The Morgan fingerprint density at radius 1 is 1.44 bits per heavy atom. The second-order valence-electron chi connectivity index (χ2n) is 4.26. The molecule has 0 bridgehead atoms. The SMILES string of the molecule is COC(=O)c1[nH]cc(Cc2cccc(C)c2)c1N. The Labute approximate surface area is 106 Å². The summed E-state index contributed by atoms with van der Waals surface area (Å²) in [7, 11) is 1.34. The highest BCUT2D eigenvalue weighted by Crippen LogP contribution is 2.21. The fourth-order valence-electron chi connectivity index (χ4n) is 1.93. The number of esters is 1. The summed E-state index contributed by atoms with van der Waals surface area (Å²) in [5.41, 5.74) is 9.99. The van der Waals surface area contributed by atoms with Crippen LogP contribution in [0.2, 0.25) is 0 Å². The molecule has 0 aliphatic heterocycles. The molecule has 18 heavy (non-hydrogen) atoms. The molecule has 0 saturated carbocycles. The van der Waals surface area contributed by atoms with Crippen LogP contribution in [0.1, 0.15) is 27.2 Å². The van der Waals surface area contributed by atoms with Crippen molar-refractivity contribution in [1.29, 1.82) is 0 Å². The molecule has 0 atom stereocenters. The maximum atomic E-state index is 11.4. The third-order valence-corrected chi connectivity index (χ3v) is 2.87. The third kappa shape index (κ3) is 2.37. The lowest BCUT2D eigenvalue weighted by molar-refractivity contribution is 0.0596. The van der Waals surface area contributed by atoms with Crippen molar-refractivity contribution in [2.24, 2.45) is 0 Å². The van der Waals surface area contributed by atoms with E-state index < -0.39 is 5.97 Å². The van der Waals surface area contributed by atoms with Crippen LogP contribution in [0.25, 0.3) is 0 Å². The summed E-state index contributed by atoms with van der Waals surface area (Å²) >= 11 is 0. The number of carbonyl (C=O) groups is 1. The number of aromatic amines is 1. The summed E-state index contributed by atoms with van der Waals surface area (Å²) in [4.78, 5) is 14.3. The van der Waals surface area contributed by atoms with Crippen LogP contribution in [-0.4, -0.2) is 18.1 Å². The first-order valence-corrected chi connectivity index (χ1v) is 5.71. The van der Waals surface area contributed by atoms with Gasteiger partial charge in [-0.25, -0.2) is 4.79 Å². The summed E-state index contributed by atoms with van der Waals surface area (Å²) in [6, 6.07) is 8.19. The maximum absolute atomic E-state index is 11.4. The van der Waals surface area contributed by atoms with Crippen molar-refractivity contribution in [3.63, 3.8) is 0 Å². The van der Waals surface area contributed by atoms with Gasteiger partial charge >= 0.3 is 5.97 Å². The van der Waals surface area contributed by atoms with Crippen molar-refractivity contribution in [2.45, 2.75) is 13.3 Å². The fraction of sp³-hybridized carbons (Fsp3) is 0.214. The van der Waals surface area contributed by atoms with Crippen LogP contribution in [0.15, 0.2) is 30.5 Å². The average Bonchev–Trinajstić information content (AvgIpc) is 2.70. The Morgan fingerprint density at radius 3 is 2.89 bits per heavy atom. The van der Waals surface area contributed by atoms with Gasteiger partial charge in [0.25, 0.3) is 0 Å². The van der Waals surface area contributed by atoms with E-state index in [4.69, 9.17) is 5.73 Å². The minimum Gasteiger partial charge on any atom is -0.464 e. The number of aryl methyl sites for hydroxylation is 1. The lowest BCUT2D eigenvalue weighted by atomic mass is 10.0. The summed E-state index contributed by atoms with van der Waals surface area (Å²) in [5, 5.41) is 0. The third-order valence-electron chi connectivity index (χ3n) is 2.87. The predicted molar refractivity (Wildman–Crippen MR) is 70.5 cm³/mol. The zero-order chi connectivity index (χ0) is 13.1. The van der Waals surface area contributed by atoms with Crippen molar-refractivity contribution in [3.05, 3.63) is 52.8 Å². The molecule has 1 heterocycles. The number of nitrogens with two attached hydrogens (primary N) is 1. The minimum absolute atomic E-state index is 0.320. The number of benzene rings is 1. The normalized spacial score (nSPS) is 10.3. The second kappa shape index (κ2) is 4.96. The van der Waals surface area contributed by atoms with Crippen LogP contribution in [-0.2, 0) is 11.2 Å². The molecule has 0 aliphatic carbocycles. The highest BCUT2D eigenvalue weighted by atomic mass is 16.5. The summed E-state index contributed by atoms with van der Waals surface area (Å²) in [6.07, 6.45) is 2.45. The number of methoxy groups -OCH3 is 1. The quantitative estimate of drug-likeness (QED) is 0.814. The molecule has 0 radical (unpaired) electrons. The lowest BCUT2D eigenvalue weighted by Crippen LogP contribution is -2.05. The molecule has 3 N–H and O–H groups in total. The average molecular weight is 244 g/mol. The van der Waals surface area contributed by atoms with E-state index in [1.165, 1.54) is 12.7 Å². The number of aromatic nitrogens is 1. The molecule has 0 saturated heterocycles. The zero-order valence-corrected chi connectivity index (χ0v) is 10.5. The second-order valence-corrected chi connectivity index (χ2v) is 4.26. The minimum atomic E-state index is -0.442. The van der Waals surface area contributed by atoms with Crippen LogP contribution in [0.3, 0.4) is 0 Å². The van der Waals surface area contributed by atoms with Crippen molar-refractivity contribution in [3.8, 4) is 0 Å². The maximum Gasteiger partial charge on any atom is 0.356 e. The molecular formula is C14H16N2O2. The van der Waals surface area contributed by atoms with Crippen LogP contribution < -0.4 is 5.73 Å². The molecular weight excluding hydrogens is 228 g/mol.